The predicted octanol–water partition coefficient (Wildman–Crippen LogP) is 7.71. The van der Waals surface area contributed by atoms with Gasteiger partial charge in [-0.05, 0) is 53.8 Å². The molecule has 202 valence electrons. The third-order valence-electron chi connectivity index (χ3n) is 6.42. The number of anilines is 1. The third-order valence-corrected chi connectivity index (χ3v) is 7.73. The number of carbonyl (C=O) groups excluding carboxylic acids is 1. The molecule has 0 fully saturated rings. The summed E-state index contributed by atoms with van der Waals surface area (Å²) < 4.78 is 0.994. The average Bonchev–Trinajstić information content (AvgIpc) is 3.41. The van der Waals surface area contributed by atoms with Crippen molar-refractivity contribution in [1.82, 2.24) is 10.3 Å². The molecule has 1 heterocycles. The highest BCUT2D eigenvalue weighted by atomic mass is 79.9. The topological polar surface area (TPSA) is 91.3 Å². The van der Waals surface area contributed by atoms with Gasteiger partial charge >= 0.3 is 5.97 Å². The molecule has 0 aliphatic rings. The number of unbranched alkanes of at least 4 members (excludes halogenated alkanes) is 2. The second-order valence-electron chi connectivity index (χ2n) is 9.34. The number of aryl methyl sites for hydroxylation is 1. The van der Waals surface area contributed by atoms with Crippen molar-refractivity contribution in [2.45, 2.75) is 45.1 Å². The van der Waals surface area contributed by atoms with Crippen molar-refractivity contribution in [3.8, 4) is 11.3 Å². The Balaban J connectivity index is 1.50. The summed E-state index contributed by atoms with van der Waals surface area (Å²) in [4.78, 5) is 28.0. The highest BCUT2D eigenvalue weighted by Crippen LogP contribution is 2.32. The van der Waals surface area contributed by atoms with E-state index in [9.17, 15) is 9.59 Å². The molecule has 0 radical (unpaired) electrons. The van der Waals surface area contributed by atoms with Crippen LogP contribution in [-0.4, -0.2) is 28.5 Å². The molecule has 0 bridgehead atoms. The maximum Gasteiger partial charge on any atom is 0.305 e. The molecule has 0 spiro atoms. The van der Waals surface area contributed by atoms with E-state index in [1.807, 2.05) is 24.3 Å². The first-order chi connectivity index (χ1) is 18.9. The quantitative estimate of drug-likeness (QED) is 0.136. The summed E-state index contributed by atoms with van der Waals surface area (Å²) in [5.41, 5.74) is 5.91. The van der Waals surface area contributed by atoms with Gasteiger partial charge in [-0.25, -0.2) is 4.98 Å². The van der Waals surface area contributed by atoms with E-state index in [-0.39, 0.29) is 24.9 Å². The Kier molecular flexibility index (Phi) is 10.3. The minimum absolute atomic E-state index is 0.0902. The number of nitrogens with zero attached hydrogens (tertiary/aromatic N) is 1. The molecule has 39 heavy (non-hydrogen) atoms. The van der Waals surface area contributed by atoms with Gasteiger partial charge < -0.3 is 15.7 Å². The molecule has 3 aromatic carbocycles. The number of nitrogens with one attached hydrogen (secondary N) is 2. The van der Waals surface area contributed by atoms with Crippen molar-refractivity contribution in [3.05, 3.63) is 105 Å². The maximum absolute atomic E-state index is 12.4. The SMILES string of the molecule is CCCCCc1ccc(-c2csc(NC(c3ccc(Br)cc3)c3ccc(C(=O)NCCC(=O)O)cc3)n2)cc1. The van der Waals surface area contributed by atoms with E-state index < -0.39 is 5.97 Å². The van der Waals surface area contributed by atoms with Gasteiger partial charge in [-0.1, -0.05) is 84.2 Å². The molecule has 8 heteroatoms. The van der Waals surface area contributed by atoms with E-state index in [1.165, 1.54) is 24.8 Å². The number of rotatable bonds is 13. The number of aromatic nitrogens is 1. The lowest BCUT2D eigenvalue weighted by molar-refractivity contribution is -0.136. The standard InChI is InChI=1S/C31H32BrN3O3S/c1-2-3-4-5-21-6-8-22(9-7-21)27-20-39-31(34-27)35-29(24-14-16-26(32)17-15-24)23-10-12-25(13-11-23)30(38)33-19-18-28(36)37/h6-17,20,29H,2-5,18-19H2,1H3,(H,33,38)(H,34,35)(H,36,37). The zero-order valence-electron chi connectivity index (χ0n) is 21.8. The summed E-state index contributed by atoms with van der Waals surface area (Å²) in [6.45, 7) is 2.31. The number of carbonyl (C=O) groups is 2. The van der Waals surface area contributed by atoms with Gasteiger partial charge in [0.05, 0.1) is 18.2 Å². The number of hydrogen-bond donors (Lipinski definition) is 3. The lowest BCUT2D eigenvalue weighted by Crippen LogP contribution is -2.26. The third kappa shape index (κ3) is 8.25. The summed E-state index contributed by atoms with van der Waals surface area (Å²) in [5.74, 6) is -1.24. The number of benzene rings is 3. The van der Waals surface area contributed by atoms with E-state index in [1.54, 1.807) is 23.5 Å². The normalized spacial score (nSPS) is 11.6. The monoisotopic (exact) mass is 605 g/mol. The van der Waals surface area contributed by atoms with Crippen LogP contribution in [-0.2, 0) is 11.2 Å². The Labute approximate surface area is 241 Å². The first kappa shape index (κ1) is 28.5. The zero-order chi connectivity index (χ0) is 27.6. The number of aliphatic carboxylic acids is 1. The van der Waals surface area contributed by atoms with Crippen LogP contribution >= 0.6 is 27.3 Å². The molecule has 0 saturated carbocycles. The maximum atomic E-state index is 12.4. The van der Waals surface area contributed by atoms with Gasteiger partial charge in [-0.2, -0.15) is 0 Å². The van der Waals surface area contributed by atoms with Crippen LogP contribution in [0.2, 0.25) is 0 Å². The highest BCUT2D eigenvalue weighted by Gasteiger charge is 2.17. The molecular weight excluding hydrogens is 574 g/mol. The summed E-state index contributed by atoms with van der Waals surface area (Å²) >= 11 is 5.07. The van der Waals surface area contributed by atoms with Crippen LogP contribution in [0.4, 0.5) is 5.13 Å². The predicted molar refractivity (Wildman–Crippen MR) is 161 cm³/mol. The van der Waals surface area contributed by atoms with E-state index in [2.05, 4.69) is 75.3 Å². The van der Waals surface area contributed by atoms with Crippen LogP contribution in [0.25, 0.3) is 11.3 Å². The highest BCUT2D eigenvalue weighted by molar-refractivity contribution is 9.10. The lowest BCUT2D eigenvalue weighted by Gasteiger charge is -2.20. The molecular formula is C31H32BrN3O3S. The first-order valence-electron chi connectivity index (χ1n) is 13.1. The number of carboxylic acids is 1. The number of carboxylic acid groups (broad SMARTS) is 1. The van der Waals surface area contributed by atoms with Crippen molar-refractivity contribution in [1.29, 1.82) is 0 Å². The van der Waals surface area contributed by atoms with Crippen LogP contribution in [0.5, 0.6) is 0 Å². The summed E-state index contributed by atoms with van der Waals surface area (Å²) in [6, 6.07) is 24.0. The minimum Gasteiger partial charge on any atom is -0.481 e. The molecule has 1 unspecified atom stereocenters. The molecule has 0 saturated heterocycles. The van der Waals surface area contributed by atoms with E-state index in [4.69, 9.17) is 10.1 Å². The Bertz CT molecular complexity index is 1370. The van der Waals surface area contributed by atoms with Crippen LogP contribution in [0.3, 0.4) is 0 Å². The Morgan fingerprint density at radius 2 is 1.62 bits per heavy atom. The molecule has 4 rings (SSSR count). The largest absolute Gasteiger partial charge is 0.481 e. The molecule has 0 aliphatic heterocycles. The Hall–Kier alpha value is -3.49. The average molecular weight is 607 g/mol. The Morgan fingerprint density at radius 3 is 2.26 bits per heavy atom. The van der Waals surface area contributed by atoms with Gasteiger partial charge in [0.15, 0.2) is 5.13 Å². The van der Waals surface area contributed by atoms with Gasteiger partial charge in [0.25, 0.3) is 5.91 Å². The lowest BCUT2D eigenvalue weighted by atomic mass is 9.97. The Morgan fingerprint density at radius 1 is 0.949 bits per heavy atom. The minimum atomic E-state index is -0.946. The molecule has 6 nitrogen and oxygen atoms in total. The van der Waals surface area contributed by atoms with E-state index in [0.717, 1.165) is 38.4 Å². The fourth-order valence-corrected chi connectivity index (χ4v) is 5.26. The van der Waals surface area contributed by atoms with Gasteiger partial charge in [0, 0.05) is 27.5 Å². The molecule has 0 aliphatic carbocycles. The van der Waals surface area contributed by atoms with E-state index >= 15 is 0 Å². The van der Waals surface area contributed by atoms with Crippen molar-refractivity contribution in [3.63, 3.8) is 0 Å². The summed E-state index contributed by atoms with van der Waals surface area (Å²) in [6.07, 6.45) is 4.69. The van der Waals surface area contributed by atoms with Crippen LogP contribution in [0.1, 0.15) is 65.7 Å². The zero-order valence-corrected chi connectivity index (χ0v) is 24.2. The van der Waals surface area contributed by atoms with Gasteiger partial charge in [-0.3, -0.25) is 9.59 Å². The molecule has 1 aromatic heterocycles. The van der Waals surface area contributed by atoms with Crippen LogP contribution in [0.15, 0.2) is 82.6 Å². The number of halogens is 1. The van der Waals surface area contributed by atoms with Gasteiger partial charge in [0.2, 0.25) is 0 Å². The summed E-state index contributed by atoms with van der Waals surface area (Å²) in [5, 5.41) is 17.9. The second kappa shape index (κ2) is 14.1. The van der Waals surface area contributed by atoms with Crippen LogP contribution in [0, 0.1) is 0 Å². The van der Waals surface area contributed by atoms with E-state index in [0.29, 0.717) is 5.56 Å². The molecule has 4 aromatic rings. The fourth-order valence-electron chi connectivity index (χ4n) is 4.24. The summed E-state index contributed by atoms with van der Waals surface area (Å²) in [7, 11) is 0. The number of hydrogen-bond acceptors (Lipinski definition) is 5. The molecule has 1 atom stereocenters. The van der Waals surface area contributed by atoms with Crippen molar-refractivity contribution >= 4 is 44.3 Å². The van der Waals surface area contributed by atoms with Gasteiger partial charge in [-0.15, -0.1) is 11.3 Å². The van der Waals surface area contributed by atoms with Crippen LogP contribution < -0.4 is 10.6 Å². The van der Waals surface area contributed by atoms with Crippen molar-refractivity contribution in [2.24, 2.45) is 0 Å². The smallest absolute Gasteiger partial charge is 0.305 e. The second-order valence-corrected chi connectivity index (χ2v) is 11.1. The first-order valence-corrected chi connectivity index (χ1v) is 14.8. The molecule has 1 amide bonds. The van der Waals surface area contributed by atoms with Crippen molar-refractivity contribution < 1.29 is 14.7 Å². The number of amides is 1. The number of thiazole rings is 1. The van der Waals surface area contributed by atoms with Gasteiger partial charge in [0.1, 0.15) is 0 Å². The fraction of sp³-hybridized carbons (Fsp3) is 0.258. The molecule has 3 N–H and O–H groups in total. The van der Waals surface area contributed by atoms with Crippen molar-refractivity contribution in [2.75, 3.05) is 11.9 Å².